The number of carbonyl (C=O) groups excluding carboxylic acids is 1. The van der Waals surface area contributed by atoms with Crippen molar-refractivity contribution in [1.29, 1.82) is 0 Å². The van der Waals surface area contributed by atoms with Gasteiger partial charge in [-0.25, -0.2) is 12.8 Å². The standard InChI is InChI=1S/C18H22FN3O4S2/c19-15-4-1-2-5-17(15)26-9-3-6-20-18(23)16-12-14(13-21-16)28(24,25)22-7-10-27-11-8-22/h1-2,4-5,12-13,21H,3,6-11H2,(H,20,23). The SMILES string of the molecule is O=C(NCCCOc1ccccc1F)c1cc(S(=O)(=O)N2CCSCC2)c[nH]1. The quantitative estimate of drug-likeness (QED) is 0.630. The minimum atomic E-state index is -3.59. The summed E-state index contributed by atoms with van der Waals surface area (Å²) in [4.78, 5) is 15.0. The molecular formula is C18H22FN3O4S2. The van der Waals surface area contributed by atoms with Crippen LogP contribution in [0.4, 0.5) is 4.39 Å². The summed E-state index contributed by atoms with van der Waals surface area (Å²) in [6.45, 7) is 1.51. The molecular weight excluding hydrogens is 405 g/mol. The second-order valence-corrected chi connectivity index (χ2v) is 9.32. The van der Waals surface area contributed by atoms with E-state index in [1.807, 2.05) is 0 Å². The van der Waals surface area contributed by atoms with Crippen molar-refractivity contribution >= 4 is 27.7 Å². The van der Waals surface area contributed by atoms with Crippen LogP contribution in [0.2, 0.25) is 0 Å². The van der Waals surface area contributed by atoms with Gasteiger partial charge in [-0.2, -0.15) is 16.1 Å². The van der Waals surface area contributed by atoms with Crippen LogP contribution in [0, 0.1) is 5.82 Å². The van der Waals surface area contributed by atoms with Gasteiger partial charge in [0.1, 0.15) is 10.6 Å². The zero-order valence-corrected chi connectivity index (χ0v) is 16.8. The average Bonchev–Trinajstić information content (AvgIpc) is 3.21. The van der Waals surface area contributed by atoms with Gasteiger partial charge in [0.25, 0.3) is 5.91 Å². The number of ether oxygens (including phenoxy) is 1. The Balaban J connectivity index is 1.47. The maximum Gasteiger partial charge on any atom is 0.267 e. The number of aromatic amines is 1. The number of rotatable bonds is 8. The largest absolute Gasteiger partial charge is 0.490 e. The molecule has 2 N–H and O–H groups in total. The molecule has 0 radical (unpaired) electrons. The molecule has 1 aliphatic heterocycles. The summed E-state index contributed by atoms with van der Waals surface area (Å²) in [5.74, 6) is 0.877. The Morgan fingerprint density at radius 3 is 2.79 bits per heavy atom. The molecule has 0 spiro atoms. The van der Waals surface area contributed by atoms with Crippen molar-refractivity contribution in [3.05, 3.63) is 48.0 Å². The molecule has 2 heterocycles. The fourth-order valence-electron chi connectivity index (χ4n) is 2.70. The van der Waals surface area contributed by atoms with E-state index in [0.29, 0.717) is 26.1 Å². The summed E-state index contributed by atoms with van der Waals surface area (Å²) >= 11 is 1.72. The molecule has 10 heteroatoms. The maximum atomic E-state index is 13.4. The summed E-state index contributed by atoms with van der Waals surface area (Å²) in [6.07, 6.45) is 1.82. The number of hydrogen-bond acceptors (Lipinski definition) is 5. The molecule has 3 rings (SSSR count). The van der Waals surface area contributed by atoms with E-state index < -0.39 is 21.7 Å². The highest BCUT2D eigenvalue weighted by Gasteiger charge is 2.27. The second kappa shape index (κ2) is 9.44. The normalized spacial score (nSPS) is 15.3. The Bertz CT molecular complexity index is 911. The van der Waals surface area contributed by atoms with E-state index in [1.54, 1.807) is 23.9 Å². The molecule has 1 saturated heterocycles. The van der Waals surface area contributed by atoms with E-state index >= 15 is 0 Å². The third kappa shape index (κ3) is 5.06. The molecule has 2 aromatic rings. The lowest BCUT2D eigenvalue weighted by molar-refractivity contribution is 0.0947. The highest BCUT2D eigenvalue weighted by atomic mass is 32.2. The number of carbonyl (C=O) groups is 1. The molecule has 28 heavy (non-hydrogen) atoms. The van der Waals surface area contributed by atoms with Gasteiger partial charge >= 0.3 is 0 Å². The summed E-state index contributed by atoms with van der Waals surface area (Å²) in [6, 6.07) is 7.46. The van der Waals surface area contributed by atoms with Crippen molar-refractivity contribution in [3.8, 4) is 5.75 Å². The number of H-pyrrole nitrogens is 1. The molecule has 1 amide bonds. The maximum absolute atomic E-state index is 13.4. The van der Waals surface area contributed by atoms with Gasteiger partial charge in [-0.05, 0) is 24.6 Å². The number of amides is 1. The monoisotopic (exact) mass is 427 g/mol. The van der Waals surface area contributed by atoms with Crippen LogP contribution in [0.25, 0.3) is 0 Å². The predicted octanol–water partition coefficient (Wildman–Crippen LogP) is 2.09. The summed E-state index contributed by atoms with van der Waals surface area (Å²) in [5, 5.41) is 2.69. The zero-order chi connectivity index (χ0) is 20.0. The molecule has 0 unspecified atom stereocenters. The van der Waals surface area contributed by atoms with Gasteiger partial charge in [0, 0.05) is 37.3 Å². The van der Waals surface area contributed by atoms with Crippen molar-refractivity contribution in [2.75, 3.05) is 37.7 Å². The van der Waals surface area contributed by atoms with E-state index in [4.69, 9.17) is 4.74 Å². The van der Waals surface area contributed by atoms with Crippen molar-refractivity contribution in [1.82, 2.24) is 14.6 Å². The fraction of sp³-hybridized carbons (Fsp3) is 0.389. The van der Waals surface area contributed by atoms with Crippen LogP contribution >= 0.6 is 11.8 Å². The first-order valence-electron chi connectivity index (χ1n) is 8.90. The number of benzene rings is 1. The molecule has 1 fully saturated rings. The molecule has 7 nitrogen and oxygen atoms in total. The van der Waals surface area contributed by atoms with Crippen molar-refractivity contribution < 1.29 is 22.3 Å². The topological polar surface area (TPSA) is 91.5 Å². The van der Waals surface area contributed by atoms with Crippen LogP contribution in [-0.4, -0.2) is 61.4 Å². The molecule has 0 bridgehead atoms. The number of nitrogens with one attached hydrogen (secondary N) is 2. The average molecular weight is 428 g/mol. The Morgan fingerprint density at radius 1 is 1.29 bits per heavy atom. The number of hydrogen-bond donors (Lipinski definition) is 2. The molecule has 0 saturated carbocycles. The third-order valence-corrected chi connectivity index (χ3v) is 7.03. The van der Waals surface area contributed by atoms with Gasteiger partial charge in [-0.15, -0.1) is 0 Å². The first kappa shape index (κ1) is 20.7. The molecule has 0 atom stereocenters. The Kier molecular flexibility index (Phi) is 6.97. The van der Waals surface area contributed by atoms with Crippen LogP contribution in [0.3, 0.4) is 0 Å². The van der Waals surface area contributed by atoms with Crippen molar-refractivity contribution in [2.45, 2.75) is 11.3 Å². The summed E-state index contributed by atoms with van der Waals surface area (Å²) < 4.78 is 45.4. The summed E-state index contributed by atoms with van der Waals surface area (Å²) in [5.41, 5.74) is 0.181. The first-order valence-corrected chi connectivity index (χ1v) is 11.5. The third-order valence-electron chi connectivity index (χ3n) is 4.21. The number of para-hydroxylation sites is 1. The lowest BCUT2D eigenvalue weighted by Crippen LogP contribution is -2.37. The zero-order valence-electron chi connectivity index (χ0n) is 15.2. The minimum Gasteiger partial charge on any atom is -0.490 e. The fourth-order valence-corrected chi connectivity index (χ4v) is 5.27. The van der Waals surface area contributed by atoms with E-state index in [2.05, 4.69) is 10.3 Å². The van der Waals surface area contributed by atoms with E-state index in [9.17, 15) is 17.6 Å². The molecule has 0 aliphatic carbocycles. The molecule has 1 aromatic heterocycles. The van der Waals surface area contributed by atoms with Crippen LogP contribution < -0.4 is 10.1 Å². The van der Waals surface area contributed by atoms with Crippen LogP contribution in [0.1, 0.15) is 16.9 Å². The lowest BCUT2D eigenvalue weighted by Gasteiger charge is -2.24. The Labute approximate surface area is 167 Å². The van der Waals surface area contributed by atoms with E-state index in [0.717, 1.165) is 11.5 Å². The van der Waals surface area contributed by atoms with Gasteiger partial charge in [0.05, 0.1) is 6.61 Å². The number of aromatic nitrogens is 1. The number of sulfonamides is 1. The molecule has 1 aliphatic rings. The van der Waals surface area contributed by atoms with Crippen LogP contribution in [0.15, 0.2) is 41.4 Å². The van der Waals surface area contributed by atoms with Gasteiger partial charge in [0.15, 0.2) is 11.6 Å². The molecule has 152 valence electrons. The Morgan fingerprint density at radius 2 is 2.04 bits per heavy atom. The number of halogens is 1. The van der Waals surface area contributed by atoms with Gasteiger partial charge in [-0.3, -0.25) is 4.79 Å². The van der Waals surface area contributed by atoms with Crippen LogP contribution in [-0.2, 0) is 10.0 Å². The minimum absolute atomic E-state index is 0.0902. The van der Waals surface area contributed by atoms with Crippen molar-refractivity contribution in [3.63, 3.8) is 0 Å². The van der Waals surface area contributed by atoms with E-state index in [-0.39, 0.29) is 22.9 Å². The second-order valence-electron chi connectivity index (χ2n) is 6.15. The first-order chi connectivity index (χ1) is 13.5. The number of nitrogens with zero attached hydrogens (tertiary/aromatic N) is 1. The van der Waals surface area contributed by atoms with Gasteiger partial charge in [0.2, 0.25) is 10.0 Å². The number of thioether (sulfide) groups is 1. The van der Waals surface area contributed by atoms with E-state index in [1.165, 1.54) is 28.7 Å². The Hall–Kier alpha value is -2.04. The van der Waals surface area contributed by atoms with Crippen molar-refractivity contribution in [2.24, 2.45) is 0 Å². The van der Waals surface area contributed by atoms with Crippen LogP contribution in [0.5, 0.6) is 5.75 Å². The van der Waals surface area contributed by atoms with Gasteiger partial charge in [-0.1, -0.05) is 12.1 Å². The smallest absolute Gasteiger partial charge is 0.267 e. The highest BCUT2D eigenvalue weighted by Crippen LogP contribution is 2.21. The highest BCUT2D eigenvalue weighted by molar-refractivity contribution is 7.99. The predicted molar refractivity (Wildman–Crippen MR) is 106 cm³/mol. The lowest BCUT2D eigenvalue weighted by atomic mass is 10.3. The van der Waals surface area contributed by atoms with Gasteiger partial charge < -0.3 is 15.0 Å². The molecule has 1 aromatic carbocycles. The summed E-state index contributed by atoms with van der Waals surface area (Å²) in [7, 11) is -3.59.